The first-order valence-electron chi connectivity index (χ1n) is 7.24. The molecule has 0 aliphatic rings. The van der Waals surface area contributed by atoms with Crippen LogP contribution >= 0.6 is 11.3 Å². The monoisotopic (exact) mass is 307 g/mol. The summed E-state index contributed by atoms with van der Waals surface area (Å²) in [4.78, 5) is 0. The van der Waals surface area contributed by atoms with Gasteiger partial charge in [-0.15, -0.1) is 10.2 Å². The average molecular weight is 307 g/mol. The molecule has 5 nitrogen and oxygen atoms in total. The molecule has 0 atom stereocenters. The maximum absolute atomic E-state index is 5.79. The standard InChI is InChI=1S/C15H21N3O2S/c1-3-9-16-15-18-17-14(21-15)11-20-13-8-6-5-7-12(13)19-10-4-2/h5-8H,3-4,9-11H2,1-2H3,(H,16,18). The Morgan fingerprint density at radius 2 is 1.81 bits per heavy atom. The zero-order chi connectivity index (χ0) is 14.9. The molecule has 0 aliphatic heterocycles. The van der Waals surface area contributed by atoms with Crippen molar-refractivity contribution in [2.75, 3.05) is 18.5 Å². The van der Waals surface area contributed by atoms with Gasteiger partial charge in [-0.05, 0) is 25.0 Å². The number of nitrogens with one attached hydrogen (secondary N) is 1. The summed E-state index contributed by atoms with van der Waals surface area (Å²) >= 11 is 1.52. The Balaban J connectivity index is 1.91. The summed E-state index contributed by atoms with van der Waals surface area (Å²) in [6, 6.07) is 7.69. The molecule has 114 valence electrons. The third-order valence-electron chi connectivity index (χ3n) is 2.66. The summed E-state index contributed by atoms with van der Waals surface area (Å²) in [5.74, 6) is 1.51. The van der Waals surface area contributed by atoms with Gasteiger partial charge in [-0.3, -0.25) is 0 Å². The summed E-state index contributed by atoms with van der Waals surface area (Å²) < 4.78 is 11.5. The molecule has 1 aromatic heterocycles. The Labute approximate surface area is 129 Å². The molecule has 2 aromatic rings. The van der Waals surface area contributed by atoms with E-state index in [-0.39, 0.29) is 0 Å². The Kier molecular flexibility index (Phi) is 6.27. The van der Waals surface area contributed by atoms with E-state index in [9.17, 15) is 0 Å². The zero-order valence-corrected chi connectivity index (χ0v) is 13.3. The normalized spacial score (nSPS) is 10.4. The quantitative estimate of drug-likeness (QED) is 0.765. The van der Waals surface area contributed by atoms with Crippen molar-refractivity contribution in [1.82, 2.24) is 10.2 Å². The number of ether oxygens (including phenoxy) is 2. The van der Waals surface area contributed by atoms with E-state index in [1.807, 2.05) is 24.3 Å². The molecule has 0 unspecified atom stereocenters. The highest BCUT2D eigenvalue weighted by molar-refractivity contribution is 7.15. The summed E-state index contributed by atoms with van der Waals surface area (Å²) in [7, 11) is 0. The lowest BCUT2D eigenvalue weighted by Crippen LogP contribution is -2.00. The van der Waals surface area contributed by atoms with E-state index in [2.05, 4.69) is 29.4 Å². The largest absolute Gasteiger partial charge is 0.490 e. The number of para-hydroxylation sites is 2. The molecule has 21 heavy (non-hydrogen) atoms. The van der Waals surface area contributed by atoms with Gasteiger partial charge in [0.25, 0.3) is 0 Å². The van der Waals surface area contributed by atoms with Gasteiger partial charge in [-0.2, -0.15) is 0 Å². The van der Waals surface area contributed by atoms with Crippen molar-refractivity contribution in [3.05, 3.63) is 29.3 Å². The average Bonchev–Trinajstić information content (AvgIpc) is 2.97. The van der Waals surface area contributed by atoms with Crippen LogP contribution in [0.2, 0.25) is 0 Å². The van der Waals surface area contributed by atoms with Gasteiger partial charge in [0, 0.05) is 6.54 Å². The Morgan fingerprint density at radius 3 is 2.52 bits per heavy atom. The first kappa shape index (κ1) is 15.6. The Hall–Kier alpha value is -1.82. The molecule has 0 saturated carbocycles. The summed E-state index contributed by atoms with van der Waals surface area (Å²) in [6.07, 6.45) is 2.03. The molecular formula is C15H21N3O2S. The van der Waals surface area contributed by atoms with Crippen LogP contribution in [0, 0.1) is 0 Å². The van der Waals surface area contributed by atoms with Gasteiger partial charge in [0.05, 0.1) is 6.61 Å². The van der Waals surface area contributed by atoms with Crippen LogP contribution in [0.15, 0.2) is 24.3 Å². The lowest BCUT2D eigenvalue weighted by Gasteiger charge is -2.10. The highest BCUT2D eigenvalue weighted by atomic mass is 32.1. The van der Waals surface area contributed by atoms with Crippen LogP contribution < -0.4 is 14.8 Å². The van der Waals surface area contributed by atoms with E-state index < -0.39 is 0 Å². The lowest BCUT2D eigenvalue weighted by molar-refractivity contribution is 0.261. The van der Waals surface area contributed by atoms with Gasteiger partial charge in [-0.1, -0.05) is 37.3 Å². The summed E-state index contributed by atoms with van der Waals surface area (Å²) in [6.45, 7) is 6.19. The molecule has 1 heterocycles. The number of hydrogen-bond donors (Lipinski definition) is 1. The molecule has 0 radical (unpaired) electrons. The SMILES string of the molecule is CCCNc1nnc(COc2ccccc2OCCC)s1. The third kappa shape index (κ3) is 4.90. The number of aromatic nitrogens is 2. The fourth-order valence-electron chi connectivity index (χ4n) is 1.66. The topological polar surface area (TPSA) is 56.3 Å². The molecule has 0 bridgehead atoms. The van der Waals surface area contributed by atoms with E-state index in [0.29, 0.717) is 13.2 Å². The molecule has 0 amide bonds. The van der Waals surface area contributed by atoms with Gasteiger partial charge in [0.15, 0.2) is 16.5 Å². The highest BCUT2D eigenvalue weighted by Crippen LogP contribution is 2.28. The first-order valence-corrected chi connectivity index (χ1v) is 8.06. The highest BCUT2D eigenvalue weighted by Gasteiger charge is 2.07. The lowest BCUT2D eigenvalue weighted by atomic mass is 10.3. The second kappa shape index (κ2) is 8.46. The van der Waals surface area contributed by atoms with Gasteiger partial charge in [0.1, 0.15) is 6.61 Å². The third-order valence-corrected chi connectivity index (χ3v) is 3.51. The van der Waals surface area contributed by atoms with Crippen molar-refractivity contribution < 1.29 is 9.47 Å². The van der Waals surface area contributed by atoms with Crippen LogP contribution in [0.3, 0.4) is 0 Å². The van der Waals surface area contributed by atoms with E-state index >= 15 is 0 Å². The molecule has 0 saturated heterocycles. The van der Waals surface area contributed by atoms with Crippen molar-refractivity contribution in [2.24, 2.45) is 0 Å². The fraction of sp³-hybridized carbons (Fsp3) is 0.467. The van der Waals surface area contributed by atoms with E-state index in [0.717, 1.165) is 41.0 Å². The zero-order valence-electron chi connectivity index (χ0n) is 12.5. The molecule has 1 aromatic carbocycles. The molecule has 1 N–H and O–H groups in total. The molecule has 0 spiro atoms. The van der Waals surface area contributed by atoms with Crippen LogP contribution in [0.4, 0.5) is 5.13 Å². The van der Waals surface area contributed by atoms with Crippen molar-refractivity contribution in [2.45, 2.75) is 33.3 Å². The maximum atomic E-state index is 5.79. The molecule has 2 rings (SSSR count). The first-order chi connectivity index (χ1) is 10.3. The number of benzene rings is 1. The van der Waals surface area contributed by atoms with Crippen LogP contribution in [-0.2, 0) is 6.61 Å². The molecule has 0 fully saturated rings. The number of rotatable bonds is 9. The maximum Gasteiger partial charge on any atom is 0.205 e. The van der Waals surface area contributed by atoms with E-state index in [1.54, 1.807) is 0 Å². The van der Waals surface area contributed by atoms with Crippen molar-refractivity contribution in [1.29, 1.82) is 0 Å². The smallest absolute Gasteiger partial charge is 0.205 e. The summed E-state index contributed by atoms with van der Waals surface area (Å²) in [5, 5.41) is 13.1. The van der Waals surface area contributed by atoms with Crippen LogP contribution in [0.5, 0.6) is 11.5 Å². The second-order valence-electron chi connectivity index (χ2n) is 4.51. The van der Waals surface area contributed by atoms with E-state index in [4.69, 9.17) is 9.47 Å². The van der Waals surface area contributed by atoms with Gasteiger partial charge < -0.3 is 14.8 Å². The molecular weight excluding hydrogens is 286 g/mol. The predicted molar refractivity (Wildman–Crippen MR) is 85.2 cm³/mol. The Morgan fingerprint density at radius 1 is 1.05 bits per heavy atom. The number of nitrogens with zero attached hydrogens (tertiary/aromatic N) is 2. The van der Waals surface area contributed by atoms with Crippen LogP contribution in [0.25, 0.3) is 0 Å². The summed E-state index contributed by atoms with van der Waals surface area (Å²) in [5.41, 5.74) is 0. The Bertz CT molecular complexity index is 545. The number of anilines is 1. The van der Waals surface area contributed by atoms with Crippen molar-refractivity contribution >= 4 is 16.5 Å². The predicted octanol–water partition coefficient (Wildman–Crippen LogP) is 3.73. The van der Waals surface area contributed by atoms with Gasteiger partial charge >= 0.3 is 0 Å². The van der Waals surface area contributed by atoms with Gasteiger partial charge in [-0.25, -0.2) is 0 Å². The number of hydrogen-bond acceptors (Lipinski definition) is 6. The molecule has 6 heteroatoms. The van der Waals surface area contributed by atoms with Gasteiger partial charge in [0.2, 0.25) is 5.13 Å². The molecule has 0 aliphatic carbocycles. The van der Waals surface area contributed by atoms with Crippen molar-refractivity contribution in [3.8, 4) is 11.5 Å². The van der Waals surface area contributed by atoms with E-state index in [1.165, 1.54) is 11.3 Å². The van der Waals surface area contributed by atoms with Crippen LogP contribution in [0.1, 0.15) is 31.7 Å². The van der Waals surface area contributed by atoms with Crippen molar-refractivity contribution in [3.63, 3.8) is 0 Å². The van der Waals surface area contributed by atoms with Crippen LogP contribution in [-0.4, -0.2) is 23.3 Å². The fourth-order valence-corrected chi connectivity index (χ4v) is 2.33. The minimum absolute atomic E-state index is 0.401. The second-order valence-corrected chi connectivity index (χ2v) is 5.57. The minimum atomic E-state index is 0.401. The minimum Gasteiger partial charge on any atom is -0.490 e.